The van der Waals surface area contributed by atoms with Gasteiger partial charge in [0.1, 0.15) is 5.75 Å². The highest BCUT2D eigenvalue weighted by molar-refractivity contribution is 7.84. The number of anilines is 1. The third-order valence-electron chi connectivity index (χ3n) is 2.68. The Hall–Kier alpha value is -1.81. The average molecular weight is 275 g/mol. The summed E-state index contributed by atoms with van der Waals surface area (Å²) in [5.41, 5.74) is 7.46. The summed E-state index contributed by atoms with van der Waals surface area (Å²) in [6, 6.07) is 15.0. The minimum atomic E-state index is -1.16. The van der Waals surface area contributed by atoms with E-state index in [2.05, 4.69) is 0 Å². The van der Waals surface area contributed by atoms with Crippen molar-refractivity contribution in [2.24, 2.45) is 0 Å². The molecule has 2 aromatic carbocycles. The van der Waals surface area contributed by atoms with Crippen LogP contribution in [-0.4, -0.2) is 10.8 Å². The molecular weight excluding hydrogens is 258 g/mol. The summed E-state index contributed by atoms with van der Waals surface area (Å²) in [6.07, 6.45) is 0. The predicted molar refractivity (Wildman–Crippen MR) is 78.6 cm³/mol. The summed E-state index contributed by atoms with van der Waals surface area (Å²) in [6.45, 7) is 2.49. The van der Waals surface area contributed by atoms with Crippen molar-refractivity contribution >= 4 is 16.5 Å². The van der Waals surface area contributed by atoms with Gasteiger partial charge in [0.15, 0.2) is 0 Å². The molecule has 0 aliphatic carbocycles. The summed E-state index contributed by atoms with van der Waals surface area (Å²) >= 11 is 0. The molecule has 0 aliphatic rings. The van der Waals surface area contributed by atoms with Gasteiger partial charge in [-0.05, 0) is 30.7 Å². The summed E-state index contributed by atoms with van der Waals surface area (Å²) in [4.78, 5) is 0.634. The van der Waals surface area contributed by atoms with E-state index in [4.69, 9.17) is 10.5 Å². The van der Waals surface area contributed by atoms with E-state index in [0.29, 0.717) is 28.7 Å². The van der Waals surface area contributed by atoms with Crippen LogP contribution in [0, 0.1) is 0 Å². The van der Waals surface area contributed by atoms with Gasteiger partial charge in [0.05, 0.1) is 28.1 Å². The lowest BCUT2D eigenvalue weighted by molar-refractivity contribution is 0.339. The first-order valence-corrected chi connectivity index (χ1v) is 7.47. The van der Waals surface area contributed by atoms with Crippen LogP contribution < -0.4 is 10.5 Å². The Bertz CT molecular complexity index is 570. The zero-order chi connectivity index (χ0) is 13.7. The molecule has 0 aromatic heterocycles. The average Bonchev–Trinajstić information content (AvgIpc) is 2.42. The quantitative estimate of drug-likeness (QED) is 0.853. The van der Waals surface area contributed by atoms with Crippen molar-refractivity contribution in [2.45, 2.75) is 17.6 Å². The zero-order valence-electron chi connectivity index (χ0n) is 10.8. The first-order chi connectivity index (χ1) is 9.20. The van der Waals surface area contributed by atoms with Gasteiger partial charge in [0.2, 0.25) is 0 Å². The highest BCUT2D eigenvalue weighted by Crippen LogP contribution is 2.24. The largest absolute Gasteiger partial charge is 0.494 e. The summed E-state index contributed by atoms with van der Waals surface area (Å²) in [7, 11) is -1.16. The standard InChI is InChI=1S/C15H17NO2S/c1-2-18-13-8-9-14(16)15(10-13)19(17)11-12-6-4-3-5-7-12/h3-10H,2,11,16H2,1H3. The van der Waals surface area contributed by atoms with Gasteiger partial charge in [-0.2, -0.15) is 0 Å². The van der Waals surface area contributed by atoms with E-state index in [0.717, 1.165) is 5.56 Å². The van der Waals surface area contributed by atoms with E-state index in [1.165, 1.54) is 0 Å². The fraction of sp³-hybridized carbons (Fsp3) is 0.200. The molecule has 4 heteroatoms. The maximum atomic E-state index is 12.4. The molecule has 2 N–H and O–H groups in total. The van der Waals surface area contributed by atoms with Crippen molar-refractivity contribution < 1.29 is 8.95 Å². The molecule has 0 saturated carbocycles. The molecule has 19 heavy (non-hydrogen) atoms. The van der Waals surface area contributed by atoms with Crippen LogP contribution in [0.1, 0.15) is 12.5 Å². The van der Waals surface area contributed by atoms with Crippen molar-refractivity contribution in [1.29, 1.82) is 0 Å². The third-order valence-corrected chi connectivity index (χ3v) is 4.12. The molecule has 3 nitrogen and oxygen atoms in total. The first kappa shape index (κ1) is 13.6. The highest BCUT2D eigenvalue weighted by Gasteiger charge is 2.10. The van der Waals surface area contributed by atoms with Crippen LogP contribution in [0.3, 0.4) is 0 Å². The summed E-state index contributed by atoms with van der Waals surface area (Å²) in [5.74, 6) is 1.16. The van der Waals surface area contributed by atoms with Gasteiger partial charge in [-0.15, -0.1) is 0 Å². The van der Waals surface area contributed by atoms with E-state index in [-0.39, 0.29) is 0 Å². The summed E-state index contributed by atoms with van der Waals surface area (Å²) in [5, 5.41) is 0. The number of nitrogens with two attached hydrogens (primary N) is 1. The van der Waals surface area contributed by atoms with Crippen molar-refractivity contribution in [3.63, 3.8) is 0 Å². The summed E-state index contributed by atoms with van der Waals surface area (Å²) < 4.78 is 17.8. The minimum Gasteiger partial charge on any atom is -0.494 e. The Balaban J connectivity index is 2.21. The predicted octanol–water partition coefficient (Wildman–Crippen LogP) is 2.98. The Morgan fingerprint density at radius 1 is 1.16 bits per heavy atom. The molecule has 0 amide bonds. The van der Waals surface area contributed by atoms with Crippen molar-refractivity contribution in [2.75, 3.05) is 12.3 Å². The number of hydrogen-bond donors (Lipinski definition) is 1. The fourth-order valence-corrected chi connectivity index (χ4v) is 3.00. The third kappa shape index (κ3) is 3.58. The van der Waals surface area contributed by atoms with Crippen LogP contribution in [0.2, 0.25) is 0 Å². The van der Waals surface area contributed by atoms with E-state index < -0.39 is 10.8 Å². The van der Waals surface area contributed by atoms with Crippen LogP contribution in [-0.2, 0) is 16.6 Å². The number of nitrogen functional groups attached to an aromatic ring is 1. The van der Waals surface area contributed by atoms with Gasteiger partial charge < -0.3 is 10.5 Å². The van der Waals surface area contributed by atoms with Crippen molar-refractivity contribution in [3.8, 4) is 5.75 Å². The van der Waals surface area contributed by atoms with Gasteiger partial charge in [-0.3, -0.25) is 4.21 Å². The Morgan fingerprint density at radius 3 is 2.58 bits per heavy atom. The second-order valence-corrected chi connectivity index (χ2v) is 5.53. The minimum absolute atomic E-state index is 0.459. The monoisotopic (exact) mass is 275 g/mol. The molecule has 0 bridgehead atoms. The lowest BCUT2D eigenvalue weighted by atomic mass is 10.2. The van der Waals surface area contributed by atoms with Crippen LogP contribution in [0.25, 0.3) is 0 Å². The molecule has 0 radical (unpaired) electrons. The van der Waals surface area contributed by atoms with E-state index >= 15 is 0 Å². The van der Waals surface area contributed by atoms with Gasteiger partial charge in [0.25, 0.3) is 0 Å². The topological polar surface area (TPSA) is 52.3 Å². The van der Waals surface area contributed by atoms with Crippen molar-refractivity contribution in [1.82, 2.24) is 0 Å². The molecule has 0 heterocycles. The van der Waals surface area contributed by atoms with Crippen LogP contribution in [0.5, 0.6) is 5.75 Å². The Morgan fingerprint density at radius 2 is 1.89 bits per heavy atom. The fourth-order valence-electron chi connectivity index (χ4n) is 1.77. The van der Waals surface area contributed by atoms with E-state index in [1.54, 1.807) is 18.2 Å². The maximum Gasteiger partial charge on any atom is 0.120 e. The zero-order valence-corrected chi connectivity index (χ0v) is 11.7. The second kappa shape index (κ2) is 6.38. The van der Waals surface area contributed by atoms with Crippen LogP contribution in [0.15, 0.2) is 53.4 Å². The molecule has 1 atom stereocenters. The molecule has 1 unspecified atom stereocenters. The Kier molecular flexibility index (Phi) is 4.58. The first-order valence-electron chi connectivity index (χ1n) is 6.15. The Labute approximate surface area is 115 Å². The van der Waals surface area contributed by atoms with Gasteiger partial charge in [0, 0.05) is 5.69 Å². The normalized spacial score (nSPS) is 12.1. The molecule has 2 aromatic rings. The number of benzene rings is 2. The van der Waals surface area contributed by atoms with Gasteiger partial charge in [-0.1, -0.05) is 30.3 Å². The molecule has 0 saturated heterocycles. The molecular formula is C15H17NO2S. The lowest BCUT2D eigenvalue weighted by Crippen LogP contribution is -2.02. The number of hydrogen-bond acceptors (Lipinski definition) is 3. The SMILES string of the molecule is CCOc1ccc(N)c(S(=O)Cc2ccccc2)c1. The molecule has 0 aliphatic heterocycles. The van der Waals surface area contributed by atoms with Crippen LogP contribution in [0.4, 0.5) is 5.69 Å². The maximum absolute atomic E-state index is 12.4. The van der Waals surface area contributed by atoms with Gasteiger partial charge >= 0.3 is 0 Å². The second-order valence-electron chi connectivity index (χ2n) is 4.11. The van der Waals surface area contributed by atoms with E-state index in [1.807, 2.05) is 37.3 Å². The molecule has 0 fully saturated rings. The van der Waals surface area contributed by atoms with Crippen LogP contribution >= 0.6 is 0 Å². The number of rotatable bonds is 5. The highest BCUT2D eigenvalue weighted by atomic mass is 32.2. The molecule has 0 spiro atoms. The number of ether oxygens (including phenoxy) is 1. The van der Waals surface area contributed by atoms with Crippen molar-refractivity contribution in [3.05, 3.63) is 54.1 Å². The molecule has 100 valence electrons. The smallest absolute Gasteiger partial charge is 0.120 e. The van der Waals surface area contributed by atoms with E-state index in [9.17, 15) is 4.21 Å². The molecule has 2 rings (SSSR count). The lowest BCUT2D eigenvalue weighted by Gasteiger charge is -2.09. The van der Waals surface area contributed by atoms with Gasteiger partial charge in [-0.25, -0.2) is 0 Å².